The van der Waals surface area contributed by atoms with Crippen molar-refractivity contribution in [1.29, 1.82) is 0 Å². The van der Waals surface area contributed by atoms with E-state index in [1.54, 1.807) is 6.08 Å². The highest BCUT2D eigenvalue weighted by atomic mass is 35.5. The Balaban J connectivity index is 1.97. The summed E-state index contributed by atoms with van der Waals surface area (Å²) in [6.07, 6.45) is -0.330. The van der Waals surface area contributed by atoms with Crippen LogP contribution in [0.3, 0.4) is 0 Å². The van der Waals surface area contributed by atoms with E-state index in [9.17, 15) is 19.8 Å². The third-order valence-electron chi connectivity index (χ3n) is 6.13. The van der Waals surface area contributed by atoms with E-state index >= 15 is 0 Å². The fraction of sp³-hybridized carbons (Fsp3) is 0.700. The van der Waals surface area contributed by atoms with Gasteiger partial charge in [-0.15, -0.1) is 11.6 Å². The van der Waals surface area contributed by atoms with Gasteiger partial charge in [-0.1, -0.05) is 12.2 Å². The lowest BCUT2D eigenvalue weighted by Gasteiger charge is -2.32. The zero-order valence-electron chi connectivity index (χ0n) is 16.5. The van der Waals surface area contributed by atoms with Gasteiger partial charge in [-0.05, 0) is 40.2 Å². The molecule has 28 heavy (non-hydrogen) atoms. The number of fused-ring (bicyclic) bond motifs is 2. The van der Waals surface area contributed by atoms with Crippen LogP contribution in [-0.2, 0) is 23.8 Å². The highest BCUT2D eigenvalue weighted by molar-refractivity contribution is 6.22. The van der Waals surface area contributed by atoms with Crippen LogP contribution in [0.15, 0.2) is 23.8 Å². The first-order valence-electron chi connectivity index (χ1n) is 9.38. The van der Waals surface area contributed by atoms with E-state index in [2.05, 4.69) is 6.58 Å². The number of aliphatic hydroxyl groups is 2. The van der Waals surface area contributed by atoms with E-state index in [0.29, 0.717) is 6.42 Å². The van der Waals surface area contributed by atoms with E-state index < -0.39 is 47.4 Å². The standard InChI is InChI=1S/C20H27ClO7/c1-9-6-13-16(10(2)17(23)26-13)14(27-18(24)20(5,25)11(3)22)8-19(4)15(28-19)7-12(9)21/h6,11-16,22,25H,2,7-8H2,1,3-5H3/b9-6-/t11-,12+,13-,14-,15-,16+,19-,20+/m1/s1. The molecule has 0 aromatic rings. The van der Waals surface area contributed by atoms with Crippen LogP contribution < -0.4 is 0 Å². The zero-order chi connectivity index (χ0) is 21.0. The molecule has 3 rings (SSSR count). The van der Waals surface area contributed by atoms with Gasteiger partial charge in [-0.2, -0.15) is 0 Å². The van der Waals surface area contributed by atoms with Crippen LogP contribution in [0.1, 0.15) is 40.5 Å². The quantitative estimate of drug-likeness (QED) is 0.238. The molecule has 7 nitrogen and oxygen atoms in total. The van der Waals surface area contributed by atoms with Gasteiger partial charge in [0, 0.05) is 12.0 Å². The first-order chi connectivity index (χ1) is 12.9. The van der Waals surface area contributed by atoms with Crippen LogP contribution in [0, 0.1) is 5.92 Å². The van der Waals surface area contributed by atoms with Crippen molar-refractivity contribution in [3.8, 4) is 0 Å². The number of alkyl halides is 1. The Morgan fingerprint density at radius 2 is 2.18 bits per heavy atom. The van der Waals surface area contributed by atoms with E-state index in [1.165, 1.54) is 13.8 Å². The maximum absolute atomic E-state index is 12.6. The number of aliphatic hydroxyl groups excluding tert-OH is 1. The van der Waals surface area contributed by atoms with Crippen molar-refractivity contribution in [2.24, 2.45) is 5.92 Å². The molecule has 0 spiro atoms. The van der Waals surface area contributed by atoms with Crippen molar-refractivity contribution < 1.29 is 34.0 Å². The number of allylic oxidation sites excluding steroid dienone is 1. The summed E-state index contributed by atoms with van der Waals surface area (Å²) >= 11 is 6.47. The number of rotatable bonds is 3. The van der Waals surface area contributed by atoms with Gasteiger partial charge in [0.1, 0.15) is 12.2 Å². The predicted octanol–water partition coefficient (Wildman–Crippen LogP) is 1.63. The monoisotopic (exact) mass is 414 g/mol. The first kappa shape index (κ1) is 21.3. The molecule has 2 aliphatic heterocycles. The minimum absolute atomic E-state index is 0.111. The minimum Gasteiger partial charge on any atom is -0.459 e. The fourth-order valence-electron chi connectivity index (χ4n) is 3.75. The molecule has 8 atom stereocenters. The molecular formula is C20H27ClO7. The van der Waals surface area contributed by atoms with Crippen molar-refractivity contribution in [2.45, 2.75) is 81.5 Å². The highest BCUT2D eigenvalue weighted by Gasteiger charge is 2.58. The SMILES string of the molecule is C=C1C(=O)O[C@@H]2/C=C(/C)[C@@H](Cl)C[C@H]3O[C@]3(C)C[C@@H](OC(=O)[C@@](C)(O)[C@@H](C)O)[C@@H]12. The Bertz CT molecular complexity index is 728. The second-order valence-electron chi connectivity index (χ2n) is 8.43. The van der Waals surface area contributed by atoms with Gasteiger partial charge in [0.15, 0.2) is 5.60 Å². The van der Waals surface area contributed by atoms with Crippen molar-refractivity contribution in [3.63, 3.8) is 0 Å². The second kappa shape index (κ2) is 7.13. The van der Waals surface area contributed by atoms with Gasteiger partial charge in [-0.3, -0.25) is 0 Å². The summed E-state index contributed by atoms with van der Waals surface area (Å²) in [7, 11) is 0. The summed E-state index contributed by atoms with van der Waals surface area (Å²) in [5.74, 6) is -2.18. The summed E-state index contributed by atoms with van der Waals surface area (Å²) in [6, 6.07) is 0. The van der Waals surface area contributed by atoms with E-state index in [4.69, 9.17) is 25.8 Å². The lowest BCUT2D eigenvalue weighted by molar-refractivity contribution is -0.183. The lowest BCUT2D eigenvalue weighted by atomic mass is 9.82. The molecule has 0 unspecified atom stereocenters. The maximum atomic E-state index is 12.6. The molecule has 0 radical (unpaired) electrons. The number of carbonyl (C=O) groups excluding carboxylic acids is 2. The number of esters is 2. The van der Waals surface area contributed by atoms with Gasteiger partial charge >= 0.3 is 11.9 Å². The molecule has 1 aliphatic carbocycles. The van der Waals surface area contributed by atoms with Gasteiger partial charge < -0.3 is 24.4 Å². The number of carbonyl (C=O) groups is 2. The first-order valence-corrected chi connectivity index (χ1v) is 9.82. The molecule has 2 saturated heterocycles. The second-order valence-corrected chi connectivity index (χ2v) is 8.95. The summed E-state index contributed by atoms with van der Waals surface area (Å²) < 4.78 is 16.9. The van der Waals surface area contributed by atoms with Gasteiger partial charge in [-0.25, -0.2) is 9.59 Å². The van der Waals surface area contributed by atoms with Gasteiger partial charge in [0.2, 0.25) is 0 Å². The van der Waals surface area contributed by atoms with Crippen molar-refractivity contribution in [1.82, 2.24) is 0 Å². The molecule has 2 fully saturated rings. The zero-order valence-corrected chi connectivity index (χ0v) is 17.2. The number of epoxide rings is 1. The Morgan fingerprint density at radius 3 is 2.79 bits per heavy atom. The molecule has 0 aromatic carbocycles. The van der Waals surface area contributed by atoms with Crippen LogP contribution in [0.2, 0.25) is 0 Å². The molecule has 2 N–H and O–H groups in total. The molecule has 0 bridgehead atoms. The van der Waals surface area contributed by atoms with Crippen molar-refractivity contribution in [3.05, 3.63) is 23.8 Å². The number of hydrogen-bond donors (Lipinski definition) is 2. The highest BCUT2D eigenvalue weighted by Crippen LogP contribution is 2.48. The van der Waals surface area contributed by atoms with Crippen LogP contribution >= 0.6 is 11.6 Å². The fourth-order valence-corrected chi connectivity index (χ4v) is 3.99. The Morgan fingerprint density at radius 1 is 1.54 bits per heavy atom. The predicted molar refractivity (Wildman–Crippen MR) is 101 cm³/mol. The molecule has 8 heteroatoms. The number of hydrogen-bond acceptors (Lipinski definition) is 7. The Kier molecular flexibility index (Phi) is 5.42. The summed E-state index contributed by atoms with van der Waals surface area (Å²) in [5.41, 5.74) is -1.65. The van der Waals surface area contributed by atoms with Crippen LogP contribution in [0.25, 0.3) is 0 Å². The smallest absolute Gasteiger partial charge is 0.340 e. The van der Waals surface area contributed by atoms with Gasteiger partial charge in [0.05, 0.1) is 29.1 Å². The topological polar surface area (TPSA) is 106 Å². The average Bonchev–Trinajstić information content (AvgIpc) is 3.12. The summed E-state index contributed by atoms with van der Waals surface area (Å²) in [5, 5.41) is 19.7. The number of halogens is 1. The number of ether oxygens (including phenoxy) is 3. The minimum atomic E-state index is -2.09. The van der Waals surface area contributed by atoms with E-state index in [0.717, 1.165) is 5.57 Å². The van der Waals surface area contributed by atoms with Crippen molar-refractivity contribution >= 4 is 23.5 Å². The largest absolute Gasteiger partial charge is 0.459 e. The van der Waals surface area contributed by atoms with Crippen LogP contribution in [-0.4, -0.2) is 63.1 Å². The molecule has 2 heterocycles. The maximum Gasteiger partial charge on any atom is 0.340 e. The van der Waals surface area contributed by atoms with Crippen LogP contribution in [0.5, 0.6) is 0 Å². The third kappa shape index (κ3) is 3.73. The third-order valence-corrected chi connectivity index (χ3v) is 6.65. The molecule has 0 aromatic heterocycles. The Labute approximate surface area is 169 Å². The Hall–Kier alpha value is -1.41. The van der Waals surface area contributed by atoms with E-state index in [1.807, 2.05) is 13.8 Å². The van der Waals surface area contributed by atoms with Gasteiger partial charge in [0.25, 0.3) is 0 Å². The molecule has 3 aliphatic rings. The lowest BCUT2D eigenvalue weighted by Crippen LogP contribution is -2.49. The molecule has 0 amide bonds. The molecule has 156 valence electrons. The molecule has 0 saturated carbocycles. The normalized spacial score (nSPS) is 42.8. The van der Waals surface area contributed by atoms with E-state index in [-0.39, 0.29) is 23.5 Å². The van der Waals surface area contributed by atoms with Crippen LogP contribution in [0.4, 0.5) is 0 Å². The molecular weight excluding hydrogens is 388 g/mol. The average molecular weight is 415 g/mol. The summed E-state index contributed by atoms with van der Waals surface area (Å²) in [4.78, 5) is 24.8. The van der Waals surface area contributed by atoms with Crippen molar-refractivity contribution in [2.75, 3.05) is 0 Å². The summed E-state index contributed by atoms with van der Waals surface area (Å²) in [6.45, 7) is 10.1.